The van der Waals surface area contributed by atoms with Crippen LogP contribution in [0.5, 0.6) is 0 Å². The van der Waals surface area contributed by atoms with E-state index in [-0.39, 0.29) is 24.1 Å². The molecule has 1 aromatic carbocycles. The molecule has 0 aliphatic heterocycles. The van der Waals surface area contributed by atoms with Crippen molar-refractivity contribution in [3.05, 3.63) is 34.9 Å². The molecule has 1 saturated carbocycles. The first-order valence-electron chi connectivity index (χ1n) is 8.48. The Labute approximate surface area is 131 Å². The minimum atomic E-state index is -0.0963. The first-order valence-corrected chi connectivity index (χ1v) is 8.48. The highest BCUT2D eigenvalue weighted by molar-refractivity contribution is 5.75. The number of hydrogen-bond acceptors (Lipinski definition) is 2. The van der Waals surface area contributed by atoms with E-state index in [1.54, 1.807) is 0 Å². The van der Waals surface area contributed by atoms with Gasteiger partial charge >= 0.3 is 6.03 Å². The van der Waals surface area contributed by atoms with E-state index in [4.69, 9.17) is 0 Å². The predicted octanol–water partition coefficient (Wildman–Crippen LogP) is 2.62. The molecule has 0 bridgehead atoms. The van der Waals surface area contributed by atoms with E-state index >= 15 is 0 Å². The molecule has 0 heterocycles. The largest absolute Gasteiger partial charge is 0.396 e. The van der Waals surface area contributed by atoms with E-state index in [0.717, 1.165) is 19.3 Å². The van der Waals surface area contributed by atoms with Crippen LogP contribution in [0.25, 0.3) is 0 Å². The summed E-state index contributed by atoms with van der Waals surface area (Å²) in [5.41, 5.74) is 4.27. The fourth-order valence-electron chi connectivity index (χ4n) is 4.16. The van der Waals surface area contributed by atoms with Crippen LogP contribution in [-0.4, -0.2) is 24.3 Å². The van der Waals surface area contributed by atoms with Crippen molar-refractivity contribution >= 4 is 6.03 Å². The SMILES string of the molecule is O=C(NCC1(CO)CC1)NC1CC2CCCc3cccc1c32. The first kappa shape index (κ1) is 14.1. The van der Waals surface area contributed by atoms with Crippen LogP contribution in [0, 0.1) is 5.41 Å². The normalized spacial score (nSPS) is 27.1. The molecule has 4 heteroatoms. The summed E-state index contributed by atoms with van der Waals surface area (Å²) < 4.78 is 0. The Morgan fingerprint density at radius 3 is 3.00 bits per heavy atom. The predicted molar refractivity (Wildman–Crippen MR) is 84.8 cm³/mol. The molecule has 2 unspecified atom stereocenters. The lowest BCUT2D eigenvalue weighted by molar-refractivity contribution is 0.202. The van der Waals surface area contributed by atoms with Gasteiger partial charge in [-0.1, -0.05) is 18.2 Å². The lowest BCUT2D eigenvalue weighted by atomic mass is 9.84. The van der Waals surface area contributed by atoms with E-state index in [1.807, 2.05) is 0 Å². The van der Waals surface area contributed by atoms with Crippen molar-refractivity contribution in [2.45, 2.75) is 50.5 Å². The number of aliphatic hydroxyl groups excluding tert-OH is 1. The maximum Gasteiger partial charge on any atom is 0.315 e. The van der Waals surface area contributed by atoms with Crippen LogP contribution in [0.2, 0.25) is 0 Å². The lowest BCUT2D eigenvalue weighted by Crippen LogP contribution is -2.40. The summed E-state index contributed by atoms with van der Waals surface area (Å²) in [5.74, 6) is 0.623. The summed E-state index contributed by atoms with van der Waals surface area (Å²) in [7, 11) is 0. The molecule has 0 saturated heterocycles. The molecule has 3 N–H and O–H groups in total. The molecule has 1 fully saturated rings. The molecule has 1 aromatic rings. The topological polar surface area (TPSA) is 61.4 Å². The van der Waals surface area contributed by atoms with Crippen LogP contribution in [0.4, 0.5) is 4.79 Å². The third kappa shape index (κ3) is 2.39. The minimum absolute atomic E-state index is 0.0381. The van der Waals surface area contributed by atoms with Crippen molar-refractivity contribution in [1.82, 2.24) is 10.6 Å². The fraction of sp³-hybridized carbons (Fsp3) is 0.611. The summed E-state index contributed by atoms with van der Waals surface area (Å²) in [6.07, 6.45) is 6.75. The molecule has 3 aliphatic carbocycles. The molecular weight excluding hydrogens is 276 g/mol. The average Bonchev–Trinajstić information content (AvgIpc) is 3.25. The average molecular weight is 300 g/mol. The van der Waals surface area contributed by atoms with Crippen molar-refractivity contribution in [2.75, 3.05) is 13.2 Å². The van der Waals surface area contributed by atoms with E-state index < -0.39 is 0 Å². The van der Waals surface area contributed by atoms with Crippen molar-refractivity contribution in [3.63, 3.8) is 0 Å². The maximum absolute atomic E-state index is 12.2. The molecule has 22 heavy (non-hydrogen) atoms. The Kier molecular flexibility index (Phi) is 3.37. The third-order valence-electron chi connectivity index (χ3n) is 5.75. The third-order valence-corrected chi connectivity index (χ3v) is 5.75. The molecule has 2 amide bonds. The molecule has 118 valence electrons. The van der Waals surface area contributed by atoms with Gasteiger partial charge in [0.15, 0.2) is 0 Å². The van der Waals surface area contributed by atoms with Crippen LogP contribution >= 0.6 is 0 Å². The summed E-state index contributed by atoms with van der Waals surface area (Å²) in [6.45, 7) is 0.753. The zero-order valence-corrected chi connectivity index (χ0v) is 12.9. The highest BCUT2D eigenvalue weighted by Gasteiger charge is 2.42. The number of carbonyl (C=O) groups is 1. The standard InChI is InChI=1S/C18H24N2O2/c21-11-18(7-8-18)10-19-17(22)20-15-9-13-5-1-3-12-4-2-6-14(15)16(12)13/h2,4,6,13,15,21H,1,3,5,7-11H2,(H2,19,20,22). The van der Waals surface area contributed by atoms with Gasteiger partial charge in [-0.15, -0.1) is 0 Å². The van der Waals surface area contributed by atoms with Gasteiger partial charge in [0.05, 0.1) is 12.6 Å². The molecule has 4 rings (SSSR count). The summed E-state index contributed by atoms with van der Waals surface area (Å²) in [5, 5.41) is 15.4. The van der Waals surface area contributed by atoms with Gasteiger partial charge in [-0.2, -0.15) is 0 Å². The summed E-state index contributed by atoms with van der Waals surface area (Å²) >= 11 is 0. The number of carbonyl (C=O) groups excluding carboxylic acids is 1. The lowest BCUT2D eigenvalue weighted by Gasteiger charge is -2.20. The molecule has 2 atom stereocenters. The van der Waals surface area contributed by atoms with E-state index in [9.17, 15) is 9.90 Å². The Balaban J connectivity index is 1.42. The number of hydrogen-bond donors (Lipinski definition) is 3. The Hall–Kier alpha value is -1.55. The number of rotatable bonds is 4. The number of benzene rings is 1. The maximum atomic E-state index is 12.2. The highest BCUT2D eigenvalue weighted by Crippen LogP contribution is 2.47. The fourth-order valence-corrected chi connectivity index (χ4v) is 4.16. The first-order chi connectivity index (χ1) is 10.7. The van der Waals surface area contributed by atoms with Crippen LogP contribution in [0.15, 0.2) is 18.2 Å². The zero-order chi connectivity index (χ0) is 15.2. The van der Waals surface area contributed by atoms with Crippen LogP contribution < -0.4 is 10.6 Å². The van der Waals surface area contributed by atoms with Gasteiger partial charge in [-0.05, 0) is 61.1 Å². The van der Waals surface area contributed by atoms with E-state index in [1.165, 1.54) is 36.0 Å². The van der Waals surface area contributed by atoms with E-state index in [0.29, 0.717) is 12.5 Å². The second-order valence-corrected chi connectivity index (χ2v) is 7.28. The summed E-state index contributed by atoms with van der Waals surface area (Å²) in [4.78, 5) is 12.2. The monoisotopic (exact) mass is 300 g/mol. The number of amides is 2. The van der Waals surface area contributed by atoms with Gasteiger partial charge in [0.2, 0.25) is 0 Å². The number of urea groups is 1. The minimum Gasteiger partial charge on any atom is -0.396 e. The Bertz CT molecular complexity index is 595. The highest BCUT2D eigenvalue weighted by atomic mass is 16.3. The van der Waals surface area contributed by atoms with Gasteiger partial charge in [0.1, 0.15) is 0 Å². The number of nitrogens with one attached hydrogen (secondary N) is 2. The molecule has 4 nitrogen and oxygen atoms in total. The van der Waals surface area contributed by atoms with Crippen molar-refractivity contribution in [2.24, 2.45) is 5.41 Å². The van der Waals surface area contributed by atoms with Crippen molar-refractivity contribution in [3.8, 4) is 0 Å². The quantitative estimate of drug-likeness (QED) is 0.800. The molecule has 0 aromatic heterocycles. The van der Waals surface area contributed by atoms with Gasteiger partial charge in [0.25, 0.3) is 0 Å². The number of aliphatic hydroxyl groups is 1. The molecular formula is C18H24N2O2. The van der Waals surface area contributed by atoms with Crippen LogP contribution in [0.1, 0.15) is 60.8 Å². The Morgan fingerprint density at radius 2 is 2.23 bits per heavy atom. The second kappa shape index (κ2) is 5.27. The zero-order valence-electron chi connectivity index (χ0n) is 12.9. The molecule has 0 radical (unpaired) electrons. The van der Waals surface area contributed by atoms with Crippen molar-refractivity contribution < 1.29 is 9.90 Å². The second-order valence-electron chi connectivity index (χ2n) is 7.28. The number of aryl methyl sites for hydroxylation is 1. The van der Waals surface area contributed by atoms with Crippen LogP contribution in [0.3, 0.4) is 0 Å². The van der Waals surface area contributed by atoms with Crippen LogP contribution in [-0.2, 0) is 6.42 Å². The van der Waals surface area contributed by atoms with Gasteiger partial charge in [0, 0.05) is 12.0 Å². The van der Waals surface area contributed by atoms with Crippen molar-refractivity contribution in [1.29, 1.82) is 0 Å². The molecule has 0 spiro atoms. The van der Waals surface area contributed by atoms with Gasteiger partial charge < -0.3 is 15.7 Å². The smallest absolute Gasteiger partial charge is 0.315 e. The molecule has 3 aliphatic rings. The summed E-state index contributed by atoms with van der Waals surface area (Å²) in [6, 6.07) is 6.58. The van der Waals surface area contributed by atoms with Gasteiger partial charge in [-0.25, -0.2) is 4.79 Å². The van der Waals surface area contributed by atoms with Gasteiger partial charge in [-0.3, -0.25) is 0 Å². The van der Waals surface area contributed by atoms with E-state index in [2.05, 4.69) is 28.8 Å². The Morgan fingerprint density at radius 1 is 1.36 bits per heavy atom.